The predicted molar refractivity (Wildman–Crippen MR) is 98.5 cm³/mol. The van der Waals surface area contributed by atoms with Crippen LogP contribution >= 0.6 is 12.2 Å². The summed E-state index contributed by atoms with van der Waals surface area (Å²) in [5, 5.41) is 7.02. The zero-order valence-electron chi connectivity index (χ0n) is 13.8. The van der Waals surface area contributed by atoms with Crippen LogP contribution in [0.2, 0.25) is 0 Å². The van der Waals surface area contributed by atoms with Gasteiger partial charge in [-0.25, -0.2) is 0 Å². The lowest BCUT2D eigenvalue weighted by Gasteiger charge is -2.20. The fourth-order valence-corrected chi connectivity index (χ4v) is 2.55. The van der Waals surface area contributed by atoms with Gasteiger partial charge in [0.2, 0.25) is 0 Å². The number of ether oxygens (including phenoxy) is 2. The van der Waals surface area contributed by atoms with Gasteiger partial charge in [0.15, 0.2) is 5.11 Å². The second-order valence-corrected chi connectivity index (χ2v) is 5.70. The largest absolute Gasteiger partial charge is 0.497 e. The van der Waals surface area contributed by atoms with E-state index >= 15 is 0 Å². The number of benzene rings is 2. The number of thiocarbonyl (C=S) groups is 1. The molecule has 1 atom stereocenters. The smallest absolute Gasteiger partial charge is 0.171 e. The molecule has 0 aliphatic carbocycles. The van der Waals surface area contributed by atoms with Crippen LogP contribution in [0.25, 0.3) is 0 Å². The van der Waals surface area contributed by atoms with E-state index in [1.807, 2.05) is 49.4 Å². The molecule has 0 bridgehead atoms. The number of hydrogen-bond acceptors (Lipinski definition) is 3. The molecule has 0 aromatic heterocycles. The van der Waals surface area contributed by atoms with E-state index < -0.39 is 0 Å². The van der Waals surface area contributed by atoms with Gasteiger partial charge in [-0.05, 0) is 56.4 Å². The third-order valence-electron chi connectivity index (χ3n) is 3.56. The Balaban J connectivity index is 2.07. The van der Waals surface area contributed by atoms with Crippen LogP contribution in [0.15, 0.2) is 42.5 Å². The first-order valence-corrected chi connectivity index (χ1v) is 7.80. The highest BCUT2D eigenvalue weighted by atomic mass is 32.1. The summed E-state index contributed by atoms with van der Waals surface area (Å²) in [6, 6.07) is 13.8. The first-order valence-electron chi connectivity index (χ1n) is 7.39. The fraction of sp³-hybridized carbons (Fsp3) is 0.278. The minimum absolute atomic E-state index is 0.0227. The van der Waals surface area contributed by atoms with Gasteiger partial charge in [0.25, 0.3) is 0 Å². The Morgan fingerprint density at radius 2 is 1.74 bits per heavy atom. The van der Waals surface area contributed by atoms with Crippen molar-refractivity contribution >= 4 is 23.0 Å². The Kier molecular flexibility index (Phi) is 5.82. The summed E-state index contributed by atoms with van der Waals surface area (Å²) in [7, 11) is 3.30. The minimum Gasteiger partial charge on any atom is -0.497 e. The lowest BCUT2D eigenvalue weighted by molar-refractivity contribution is 0.395. The lowest BCUT2D eigenvalue weighted by Crippen LogP contribution is -2.31. The second-order valence-electron chi connectivity index (χ2n) is 5.29. The first kappa shape index (κ1) is 17.1. The fourth-order valence-electron chi connectivity index (χ4n) is 2.26. The van der Waals surface area contributed by atoms with Crippen molar-refractivity contribution in [1.82, 2.24) is 5.32 Å². The summed E-state index contributed by atoms with van der Waals surface area (Å²) >= 11 is 5.39. The van der Waals surface area contributed by atoms with Crippen LogP contribution in [0.4, 0.5) is 5.69 Å². The van der Waals surface area contributed by atoms with Crippen LogP contribution in [0, 0.1) is 6.92 Å². The molecule has 0 spiro atoms. The van der Waals surface area contributed by atoms with Gasteiger partial charge in [0.05, 0.1) is 20.3 Å². The van der Waals surface area contributed by atoms with Gasteiger partial charge in [-0.2, -0.15) is 0 Å². The van der Waals surface area contributed by atoms with Gasteiger partial charge in [0, 0.05) is 11.3 Å². The standard InChI is InChI=1S/C18H22N2O2S/c1-12-5-7-14(8-6-12)20-18(23)19-13(2)16-11-15(21-3)9-10-17(16)22-4/h5-11,13H,1-4H3,(H2,19,20,23). The normalized spacial score (nSPS) is 11.5. The average Bonchev–Trinajstić information content (AvgIpc) is 2.56. The van der Waals surface area contributed by atoms with Gasteiger partial charge in [-0.3, -0.25) is 0 Å². The van der Waals surface area contributed by atoms with Gasteiger partial charge in [-0.15, -0.1) is 0 Å². The number of hydrogen-bond donors (Lipinski definition) is 2. The molecule has 23 heavy (non-hydrogen) atoms. The van der Waals surface area contributed by atoms with Crippen LogP contribution in [0.3, 0.4) is 0 Å². The summed E-state index contributed by atoms with van der Waals surface area (Å²) in [5.74, 6) is 1.58. The molecule has 0 amide bonds. The molecule has 0 saturated carbocycles. The van der Waals surface area contributed by atoms with Crippen molar-refractivity contribution in [2.75, 3.05) is 19.5 Å². The minimum atomic E-state index is -0.0227. The highest BCUT2D eigenvalue weighted by molar-refractivity contribution is 7.80. The van der Waals surface area contributed by atoms with Crippen LogP contribution in [-0.4, -0.2) is 19.3 Å². The van der Waals surface area contributed by atoms with E-state index in [2.05, 4.69) is 17.6 Å². The Morgan fingerprint density at radius 1 is 1.04 bits per heavy atom. The number of methoxy groups -OCH3 is 2. The van der Waals surface area contributed by atoms with Crippen LogP contribution in [0.5, 0.6) is 11.5 Å². The van der Waals surface area contributed by atoms with E-state index in [1.54, 1.807) is 14.2 Å². The van der Waals surface area contributed by atoms with Crippen LogP contribution < -0.4 is 20.1 Å². The van der Waals surface area contributed by atoms with Crippen molar-refractivity contribution in [2.24, 2.45) is 0 Å². The van der Waals surface area contributed by atoms with Crippen LogP contribution in [0.1, 0.15) is 24.1 Å². The SMILES string of the molecule is COc1ccc(OC)c(C(C)NC(=S)Nc2ccc(C)cc2)c1. The number of anilines is 1. The average molecular weight is 330 g/mol. The van der Waals surface area contributed by atoms with E-state index in [4.69, 9.17) is 21.7 Å². The summed E-state index contributed by atoms with van der Waals surface area (Å²) < 4.78 is 10.7. The number of nitrogens with one attached hydrogen (secondary N) is 2. The summed E-state index contributed by atoms with van der Waals surface area (Å²) in [4.78, 5) is 0. The quantitative estimate of drug-likeness (QED) is 0.809. The van der Waals surface area contributed by atoms with E-state index in [9.17, 15) is 0 Å². The molecule has 5 heteroatoms. The van der Waals surface area contributed by atoms with E-state index in [0.29, 0.717) is 5.11 Å². The van der Waals surface area contributed by atoms with Crippen LogP contribution in [-0.2, 0) is 0 Å². The molecule has 4 nitrogen and oxygen atoms in total. The van der Waals surface area contributed by atoms with Crippen molar-refractivity contribution in [3.63, 3.8) is 0 Å². The zero-order chi connectivity index (χ0) is 16.8. The number of rotatable bonds is 5. The van der Waals surface area contributed by atoms with Crippen molar-refractivity contribution in [3.8, 4) is 11.5 Å². The second kappa shape index (κ2) is 7.83. The van der Waals surface area contributed by atoms with E-state index in [1.165, 1.54) is 5.56 Å². The van der Waals surface area contributed by atoms with E-state index in [0.717, 1.165) is 22.7 Å². The third-order valence-corrected chi connectivity index (χ3v) is 3.78. The molecule has 2 N–H and O–H groups in total. The van der Waals surface area contributed by atoms with Crippen molar-refractivity contribution in [2.45, 2.75) is 19.9 Å². The Labute approximate surface area is 142 Å². The Morgan fingerprint density at radius 3 is 2.35 bits per heavy atom. The molecule has 0 aliphatic heterocycles. The summed E-state index contributed by atoms with van der Waals surface area (Å²) in [6.45, 7) is 4.08. The summed E-state index contributed by atoms with van der Waals surface area (Å²) in [6.07, 6.45) is 0. The van der Waals surface area contributed by atoms with Crippen molar-refractivity contribution < 1.29 is 9.47 Å². The first-order chi connectivity index (χ1) is 11.0. The maximum absolute atomic E-state index is 5.42. The van der Waals surface area contributed by atoms with Gasteiger partial charge in [0.1, 0.15) is 11.5 Å². The predicted octanol–water partition coefficient (Wildman–Crippen LogP) is 4.06. The monoisotopic (exact) mass is 330 g/mol. The number of aryl methyl sites for hydroxylation is 1. The maximum Gasteiger partial charge on any atom is 0.171 e. The Bertz CT molecular complexity index is 671. The van der Waals surface area contributed by atoms with Gasteiger partial charge >= 0.3 is 0 Å². The molecule has 1 unspecified atom stereocenters. The zero-order valence-corrected chi connectivity index (χ0v) is 14.7. The molecular formula is C18H22N2O2S. The molecule has 0 heterocycles. The van der Waals surface area contributed by atoms with Crippen molar-refractivity contribution in [1.29, 1.82) is 0 Å². The molecule has 122 valence electrons. The molecule has 2 rings (SSSR count). The molecular weight excluding hydrogens is 308 g/mol. The molecule has 0 aliphatic rings. The highest BCUT2D eigenvalue weighted by Gasteiger charge is 2.14. The van der Waals surface area contributed by atoms with E-state index in [-0.39, 0.29) is 6.04 Å². The molecule has 0 radical (unpaired) electrons. The maximum atomic E-state index is 5.42. The lowest BCUT2D eigenvalue weighted by atomic mass is 10.1. The molecule has 2 aromatic carbocycles. The molecule has 0 fully saturated rings. The summed E-state index contributed by atoms with van der Waals surface area (Å²) in [5.41, 5.74) is 3.15. The Hall–Kier alpha value is -2.27. The molecule has 0 saturated heterocycles. The topological polar surface area (TPSA) is 42.5 Å². The van der Waals surface area contributed by atoms with Gasteiger partial charge < -0.3 is 20.1 Å². The van der Waals surface area contributed by atoms with Crippen molar-refractivity contribution in [3.05, 3.63) is 53.6 Å². The third kappa shape index (κ3) is 4.60. The molecule has 2 aromatic rings. The van der Waals surface area contributed by atoms with Gasteiger partial charge in [-0.1, -0.05) is 17.7 Å². The highest BCUT2D eigenvalue weighted by Crippen LogP contribution is 2.29.